The Kier molecular flexibility index (Phi) is 5.64. The van der Waals surface area contributed by atoms with E-state index in [9.17, 15) is 18.9 Å². The van der Waals surface area contributed by atoms with Gasteiger partial charge in [-0.05, 0) is 0 Å². The minimum Gasteiger partial charge on any atom is -0.756 e. The number of nitrogens with one attached hydrogen (secondary N) is 1. The Morgan fingerprint density at radius 3 is 2.70 bits per heavy atom. The molecule has 0 radical (unpaired) electrons. The van der Waals surface area contributed by atoms with Crippen molar-refractivity contribution in [2.45, 2.75) is 24.9 Å². The summed E-state index contributed by atoms with van der Waals surface area (Å²) in [6, 6.07) is 0. The predicted molar refractivity (Wildman–Crippen MR) is 83.9 cm³/mol. The van der Waals surface area contributed by atoms with Crippen LogP contribution in [0, 0.1) is 0 Å². The first-order valence-electron chi connectivity index (χ1n) is 7.48. The predicted octanol–water partition coefficient (Wildman–Crippen LogP) is -1.52. The lowest BCUT2D eigenvalue weighted by Crippen LogP contribution is -2.30. The highest BCUT2D eigenvalue weighted by molar-refractivity contribution is 7.45. The third-order valence-electron chi connectivity index (χ3n) is 3.76. The lowest BCUT2D eigenvalue weighted by Gasteiger charge is -2.25. The molecule has 1 saturated heterocycles. The SMILES string of the molecule is CNc1ncnc2c1ncn2C1CC(OP(=O)([O-])O)C(COP(=O)([O-])O)O1. The maximum absolute atomic E-state index is 11.1. The van der Waals surface area contributed by atoms with Crippen molar-refractivity contribution in [2.24, 2.45) is 0 Å². The topological polar surface area (TPSA) is 204 Å². The van der Waals surface area contributed by atoms with E-state index in [-0.39, 0.29) is 6.42 Å². The summed E-state index contributed by atoms with van der Waals surface area (Å²) in [7, 11) is -8.56. The molecule has 5 atom stereocenters. The molecule has 2 aromatic heterocycles. The van der Waals surface area contributed by atoms with Crippen molar-refractivity contribution in [3.05, 3.63) is 12.7 Å². The van der Waals surface area contributed by atoms with Crippen LogP contribution in [-0.2, 0) is 22.9 Å². The second-order valence-corrected chi connectivity index (χ2v) is 7.88. The minimum atomic E-state index is -5.14. The summed E-state index contributed by atoms with van der Waals surface area (Å²) >= 11 is 0. The Balaban J connectivity index is 1.86. The first-order valence-corrected chi connectivity index (χ1v) is 10.5. The number of fused-ring (bicyclic) bond motifs is 1. The summed E-state index contributed by atoms with van der Waals surface area (Å²) in [5.41, 5.74) is 0.794. The fourth-order valence-electron chi connectivity index (χ4n) is 2.72. The first-order chi connectivity index (χ1) is 12.6. The van der Waals surface area contributed by atoms with E-state index in [2.05, 4.69) is 29.3 Å². The summed E-state index contributed by atoms with van der Waals surface area (Å²) < 4.78 is 37.8. The molecule has 0 aliphatic carbocycles. The average molecular weight is 423 g/mol. The first kappa shape index (κ1) is 20.3. The third-order valence-corrected chi connectivity index (χ3v) is 4.77. The van der Waals surface area contributed by atoms with Gasteiger partial charge in [0.25, 0.3) is 15.6 Å². The number of nitrogens with zero attached hydrogens (tertiary/aromatic N) is 4. The van der Waals surface area contributed by atoms with Gasteiger partial charge in [-0.25, -0.2) is 15.0 Å². The standard InChI is InChI=1S/C11H17N5O9P2/c1-12-10-9-11(14-4-13-10)16(5-15-9)8-2-6(25-27(20,21)22)7(24-8)3-23-26(17,18)19/h4-8H,2-3H2,1H3,(H,12,13,14)(H2,17,18,19)(H2,20,21,22)/p-2. The molecule has 16 heteroatoms. The molecule has 0 saturated carbocycles. The van der Waals surface area contributed by atoms with Crippen LogP contribution in [-0.4, -0.2) is 55.2 Å². The van der Waals surface area contributed by atoms with Crippen LogP contribution in [0.1, 0.15) is 12.6 Å². The molecule has 3 heterocycles. The van der Waals surface area contributed by atoms with E-state index < -0.39 is 40.7 Å². The molecular formula is C11H15N5O9P2-2. The van der Waals surface area contributed by atoms with E-state index >= 15 is 0 Å². The maximum atomic E-state index is 11.1. The second-order valence-electron chi connectivity index (χ2n) is 5.54. The van der Waals surface area contributed by atoms with Gasteiger partial charge in [-0.3, -0.25) is 13.7 Å². The Morgan fingerprint density at radius 1 is 1.33 bits per heavy atom. The number of rotatable bonds is 7. The summed E-state index contributed by atoms with van der Waals surface area (Å²) in [5.74, 6) is 0.455. The van der Waals surface area contributed by atoms with Gasteiger partial charge in [-0.1, -0.05) is 0 Å². The van der Waals surface area contributed by atoms with Gasteiger partial charge in [-0.15, -0.1) is 0 Å². The van der Waals surface area contributed by atoms with Crippen LogP contribution in [0.25, 0.3) is 11.2 Å². The van der Waals surface area contributed by atoms with Crippen molar-refractivity contribution in [3.8, 4) is 0 Å². The van der Waals surface area contributed by atoms with E-state index in [1.807, 2.05) is 0 Å². The molecule has 0 amide bonds. The van der Waals surface area contributed by atoms with Crippen molar-refractivity contribution in [3.63, 3.8) is 0 Å². The molecule has 14 nitrogen and oxygen atoms in total. The minimum absolute atomic E-state index is 0.0975. The smallest absolute Gasteiger partial charge is 0.265 e. The number of anilines is 1. The molecule has 3 N–H and O–H groups in total. The van der Waals surface area contributed by atoms with Gasteiger partial charge < -0.3 is 38.7 Å². The summed E-state index contributed by atoms with van der Waals surface area (Å²) in [6.07, 6.45) is -0.774. The normalized spacial score (nSPS) is 27.4. The third kappa shape index (κ3) is 4.88. The Bertz CT molecular complexity index is 911. The van der Waals surface area contributed by atoms with E-state index in [1.54, 1.807) is 7.05 Å². The summed E-state index contributed by atoms with van der Waals surface area (Å²) in [4.78, 5) is 51.8. The van der Waals surface area contributed by atoms with Gasteiger partial charge in [0.1, 0.15) is 24.2 Å². The molecule has 0 spiro atoms. The average Bonchev–Trinajstić information content (AvgIpc) is 3.14. The fraction of sp³-hybridized carbons (Fsp3) is 0.545. The summed E-state index contributed by atoms with van der Waals surface area (Å²) in [5, 5.41) is 2.84. The van der Waals surface area contributed by atoms with Gasteiger partial charge in [0.05, 0.1) is 19.0 Å². The van der Waals surface area contributed by atoms with Crippen LogP contribution >= 0.6 is 15.6 Å². The zero-order valence-corrected chi connectivity index (χ0v) is 15.5. The van der Waals surface area contributed by atoms with E-state index in [1.165, 1.54) is 17.2 Å². The van der Waals surface area contributed by atoms with Gasteiger partial charge in [-0.2, -0.15) is 0 Å². The fourth-order valence-corrected chi connectivity index (χ4v) is 3.62. The lowest BCUT2D eigenvalue weighted by molar-refractivity contribution is -0.228. The monoisotopic (exact) mass is 423 g/mol. The Labute approximate surface area is 152 Å². The number of phosphoric ester groups is 2. The van der Waals surface area contributed by atoms with Gasteiger partial charge in [0.15, 0.2) is 11.5 Å². The molecule has 1 aliphatic rings. The van der Waals surface area contributed by atoms with Crippen LogP contribution in [0.3, 0.4) is 0 Å². The highest BCUT2D eigenvalue weighted by Gasteiger charge is 2.40. The maximum Gasteiger partial charge on any atom is 0.265 e. The molecule has 1 aliphatic heterocycles. The van der Waals surface area contributed by atoms with Crippen LogP contribution in [0.15, 0.2) is 12.7 Å². The molecule has 2 aromatic rings. The molecule has 5 unspecified atom stereocenters. The number of aromatic nitrogens is 4. The molecular weight excluding hydrogens is 408 g/mol. The molecule has 27 heavy (non-hydrogen) atoms. The van der Waals surface area contributed by atoms with E-state index in [4.69, 9.17) is 14.5 Å². The zero-order chi connectivity index (χ0) is 19.8. The molecule has 0 aromatic carbocycles. The van der Waals surface area contributed by atoms with Crippen molar-refractivity contribution in [2.75, 3.05) is 19.0 Å². The lowest BCUT2D eigenvalue weighted by atomic mass is 10.2. The number of hydrogen-bond acceptors (Lipinski definition) is 11. The van der Waals surface area contributed by atoms with Crippen molar-refractivity contribution < 1.29 is 42.5 Å². The molecule has 3 rings (SSSR count). The number of imidazole rings is 1. The van der Waals surface area contributed by atoms with Crippen molar-refractivity contribution in [1.82, 2.24) is 19.5 Å². The van der Waals surface area contributed by atoms with E-state index in [0.29, 0.717) is 17.0 Å². The Morgan fingerprint density at radius 2 is 2.07 bits per heavy atom. The summed E-state index contributed by atoms with van der Waals surface area (Å²) in [6.45, 7) is -0.720. The zero-order valence-electron chi connectivity index (χ0n) is 13.7. The highest BCUT2D eigenvalue weighted by atomic mass is 31.2. The quantitative estimate of drug-likeness (QED) is 0.433. The van der Waals surface area contributed by atoms with Crippen molar-refractivity contribution >= 4 is 32.6 Å². The largest absolute Gasteiger partial charge is 0.756 e. The van der Waals surface area contributed by atoms with Gasteiger partial charge >= 0.3 is 0 Å². The van der Waals surface area contributed by atoms with Crippen LogP contribution < -0.4 is 15.1 Å². The van der Waals surface area contributed by atoms with Gasteiger partial charge in [0.2, 0.25) is 0 Å². The van der Waals surface area contributed by atoms with Crippen LogP contribution in [0.4, 0.5) is 5.82 Å². The second kappa shape index (κ2) is 7.51. The molecule has 1 fully saturated rings. The van der Waals surface area contributed by atoms with Crippen LogP contribution in [0.2, 0.25) is 0 Å². The number of ether oxygens (including phenoxy) is 1. The van der Waals surface area contributed by atoms with Gasteiger partial charge in [0, 0.05) is 13.5 Å². The molecule has 150 valence electrons. The van der Waals surface area contributed by atoms with Crippen LogP contribution in [0.5, 0.6) is 0 Å². The number of hydrogen-bond donors (Lipinski definition) is 3. The molecule has 0 bridgehead atoms. The number of phosphoric acid groups is 2. The Hall–Kier alpha value is -1.47. The highest BCUT2D eigenvalue weighted by Crippen LogP contribution is 2.42. The van der Waals surface area contributed by atoms with E-state index in [0.717, 1.165) is 0 Å². The van der Waals surface area contributed by atoms with Crippen molar-refractivity contribution in [1.29, 1.82) is 0 Å².